The molecule has 1 aliphatic carbocycles. The zero-order chi connectivity index (χ0) is 9.68. The van der Waals surface area contributed by atoms with Gasteiger partial charge in [0.1, 0.15) is 0 Å². The van der Waals surface area contributed by atoms with E-state index in [4.69, 9.17) is 0 Å². The predicted molar refractivity (Wildman–Crippen MR) is 51.5 cm³/mol. The molecular weight excluding hydrogens is 164 g/mol. The summed E-state index contributed by atoms with van der Waals surface area (Å²) in [6.45, 7) is 1.54. The Labute approximate surface area is 79.0 Å². The van der Waals surface area contributed by atoms with Gasteiger partial charge in [0.2, 0.25) is 0 Å². The van der Waals surface area contributed by atoms with Gasteiger partial charge in [-0.1, -0.05) is 12.8 Å². The van der Waals surface area contributed by atoms with Crippen LogP contribution in [0.5, 0.6) is 0 Å². The molecule has 72 valence electrons. The SMILES string of the molecule is CC(=O)C1=CC(=O)CCCCCC1. The highest BCUT2D eigenvalue weighted by molar-refractivity contribution is 6.01. The first-order chi connectivity index (χ1) is 6.20. The molecule has 0 aromatic carbocycles. The Balaban J connectivity index is 2.69. The second kappa shape index (κ2) is 4.95. The van der Waals surface area contributed by atoms with E-state index < -0.39 is 0 Å². The van der Waals surface area contributed by atoms with Crippen molar-refractivity contribution in [1.82, 2.24) is 0 Å². The second-order valence-corrected chi connectivity index (χ2v) is 3.61. The lowest BCUT2D eigenvalue weighted by molar-refractivity contribution is -0.116. The van der Waals surface area contributed by atoms with Gasteiger partial charge in [-0.05, 0) is 37.8 Å². The van der Waals surface area contributed by atoms with Crippen LogP contribution in [0.2, 0.25) is 0 Å². The van der Waals surface area contributed by atoms with Crippen LogP contribution in [0, 0.1) is 0 Å². The molecule has 0 heterocycles. The average Bonchev–Trinajstić information content (AvgIpc) is 2.16. The normalized spacial score (nSPS) is 19.8. The predicted octanol–water partition coefficient (Wildman–Crippen LogP) is 2.43. The maximum absolute atomic E-state index is 11.3. The summed E-state index contributed by atoms with van der Waals surface area (Å²) in [5, 5.41) is 0. The first-order valence-corrected chi connectivity index (χ1v) is 4.94. The van der Waals surface area contributed by atoms with Gasteiger partial charge in [-0.3, -0.25) is 9.59 Å². The lowest BCUT2D eigenvalue weighted by atomic mass is 10.0. The number of hydrogen-bond donors (Lipinski definition) is 0. The van der Waals surface area contributed by atoms with Crippen LogP contribution in [0.15, 0.2) is 11.6 Å². The molecule has 0 saturated heterocycles. The van der Waals surface area contributed by atoms with Gasteiger partial charge in [-0.25, -0.2) is 0 Å². The summed E-state index contributed by atoms with van der Waals surface area (Å²) in [4.78, 5) is 22.4. The first-order valence-electron chi connectivity index (χ1n) is 4.94. The summed E-state index contributed by atoms with van der Waals surface area (Å²) in [6, 6.07) is 0. The van der Waals surface area contributed by atoms with Crippen molar-refractivity contribution in [3.05, 3.63) is 11.6 Å². The van der Waals surface area contributed by atoms with Crippen molar-refractivity contribution in [2.45, 2.75) is 45.4 Å². The lowest BCUT2D eigenvalue weighted by Gasteiger charge is -2.00. The van der Waals surface area contributed by atoms with E-state index in [2.05, 4.69) is 0 Å². The number of carbonyl (C=O) groups excluding carboxylic acids is 2. The van der Waals surface area contributed by atoms with E-state index in [-0.39, 0.29) is 11.6 Å². The number of allylic oxidation sites excluding steroid dienone is 2. The van der Waals surface area contributed by atoms with E-state index in [9.17, 15) is 9.59 Å². The zero-order valence-corrected chi connectivity index (χ0v) is 8.14. The molecule has 13 heavy (non-hydrogen) atoms. The molecule has 1 rings (SSSR count). The summed E-state index contributed by atoms with van der Waals surface area (Å²) in [6.07, 6.45) is 7.20. The van der Waals surface area contributed by atoms with Gasteiger partial charge in [0.15, 0.2) is 11.6 Å². The minimum Gasteiger partial charge on any atom is -0.295 e. The van der Waals surface area contributed by atoms with Crippen molar-refractivity contribution < 1.29 is 9.59 Å². The van der Waals surface area contributed by atoms with Gasteiger partial charge in [0, 0.05) is 6.42 Å². The molecule has 0 amide bonds. The Morgan fingerprint density at radius 3 is 2.38 bits per heavy atom. The average molecular weight is 180 g/mol. The van der Waals surface area contributed by atoms with E-state index >= 15 is 0 Å². The smallest absolute Gasteiger partial charge is 0.156 e. The molecule has 0 unspecified atom stereocenters. The Bertz CT molecular complexity index is 238. The molecule has 0 aromatic heterocycles. The van der Waals surface area contributed by atoms with Crippen molar-refractivity contribution >= 4 is 11.6 Å². The minimum atomic E-state index is 0.0512. The Morgan fingerprint density at radius 1 is 1.15 bits per heavy atom. The number of hydrogen-bond acceptors (Lipinski definition) is 2. The van der Waals surface area contributed by atoms with Gasteiger partial charge in [-0.15, -0.1) is 0 Å². The molecule has 0 spiro atoms. The highest BCUT2D eigenvalue weighted by Gasteiger charge is 2.09. The number of rotatable bonds is 1. The van der Waals surface area contributed by atoms with E-state index in [0.29, 0.717) is 12.0 Å². The van der Waals surface area contributed by atoms with Crippen LogP contribution in [-0.2, 0) is 9.59 Å². The van der Waals surface area contributed by atoms with Gasteiger partial charge < -0.3 is 0 Å². The summed E-state index contributed by atoms with van der Waals surface area (Å²) in [5.74, 6) is 0.169. The third-order valence-electron chi connectivity index (χ3n) is 2.41. The summed E-state index contributed by atoms with van der Waals surface area (Å²) in [5.41, 5.74) is 0.715. The third-order valence-corrected chi connectivity index (χ3v) is 2.41. The maximum Gasteiger partial charge on any atom is 0.156 e. The molecule has 0 fully saturated rings. The van der Waals surface area contributed by atoms with Crippen molar-refractivity contribution in [3.8, 4) is 0 Å². The fraction of sp³-hybridized carbons (Fsp3) is 0.636. The Kier molecular flexibility index (Phi) is 3.87. The molecular formula is C11H16O2. The van der Waals surface area contributed by atoms with Crippen LogP contribution in [-0.4, -0.2) is 11.6 Å². The fourth-order valence-electron chi connectivity index (χ4n) is 1.58. The number of carbonyl (C=O) groups is 2. The summed E-state index contributed by atoms with van der Waals surface area (Å²) >= 11 is 0. The van der Waals surface area contributed by atoms with Crippen LogP contribution < -0.4 is 0 Å². The van der Waals surface area contributed by atoms with Crippen molar-refractivity contribution in [2.75, 3.05) is 0 Å². The molecule has 0 radical (unpaired) electrons. The van der Waals surface area contributed by atoms with Gasteiger partial charge in [0.05, 0.1) is 0 Å². The minimum absolute atomic E-state index is 0.0512. The quantitative estimate of drug-likeness (QED) is 0.621. The molecule has 0 saturated carbocycles. The van der Waals surface area contributed by atoms with Crippen LogP contribution in [0.3, 0.4) is 0 Å². The van der Waals surface area contributed by atoms with Crippen molar-refractivity contribution in [3.63, 3.8) is 0 Å². The van der Waals surface area contributed by atoms with Gasteiger partial charge >= 0.3 is 0 Å². The lowest BCUT2D eigenvalue weighted by Crippen LogP contribution is -2.00. The van der Waals surface area contributed by atoms with Crippen LogP contribution >= 0.6 is 0 Å². The first kappa shape index (κ1) is 10.2. The van der Waals surface area contributed by atoms with E-state index in [0.717, 1.165) is 32.1 Å². The second-order valence-electron chi connectivity index (χ2n) is 3.61. The fourth-order valence-corrected chi connectivity index (χ4v) is 1.58. The maximum atomic E-state index is 11.3. The monoisotopic (exact) mass is 180 g/mol. The Hall–Kier alpha value is -0.920. The third kappa shape index (κ3) is 3.53. The van der Waals surface area contributed by atoms with Crippen LogP contribution in [0.25, 0.3) is 0 Å². The van der Waals surface area contributed by atoms with Crippen LogP contribution in [0.4, 0.5) is 0 Å². The molecule has 2 nitrogen and oxygen atoms in total. The molecule has 0 aliphatic heterocycles. The van der Waals surface area contributed by atoms with E-state index in [1.54, 1.807) is 6.08 Å². The van der Waals surface area contributed by atoms with E-state index in [1.165, 1.54) is 6.92 Å². The number of Topliss-reactive ketones (excluding diaryl/α,β-unsaturated/α-hetero) is 1. The van der Waals surface area contributed by atoms with Gasteiger partial charge in [-0.2, -0.15) is 0 Å². The Morgan fingerprint density at radius 2 is 1.77 bits per heavy atom. The summed E-state index contributed by atoms with van der Waals surface area (Å²) < 4.78 is 0. The topological polar surface area (TPSA) is 34.1 Å². The molecule has 1 aliphatic rings. The van der Waals surface area contributed by atoms with Crippen molar-refractivity contribution in [2.24, 2.45) is 0 Å². The molecule has 2 heteroatoms. The van der Waals surface area contributed by atoms with Crippen molar-refractivity contribution in [1.29, 1.82) is 0 Å². The molecule has 0 atom stereocenters. The highest BCUT2D eigenvalue weighted by atomic mass is 16.1. The summed E-state index contributed by atoms with van der Waals surface area (Å²) in [7, 11) is 0. The standard InChI is InChI=1S/C11H16O2/c1-9(12)10-6-4-2-3-5-7-11(13)8-10/h8H,2-7H2,1H3. The number of ketones is 2. The molecule has 0 aromatic rings. The van der Waals surface area contributed by atoms with Gasteiger partial charge in [0.25, 0.3) is 0 Å². The highest BCUT2D eigenvalue weighted by Crippen LogP contribution is 2.15. The largest absolute Gasteiger partial charge is 0.295 e. The van der Waals surface area contributed by atoms with E-state index in [1.807, 2.05) is 0 Å². The van der Waals surface area contributed by atoms with Crippen LogP contribution in [0.1, 0.15) is 45.4 Å². The molecule has 0 bridgehead atoms. The molecule has 0 N–H and O–H groups in total. The zero-order valence-electron chi connectivity index (χ0n) is 8.14.